The van der Waals surface area contributed by atoms with Crippen molar-refractivity contribution in [3.05, 3.63) is 70.8 Å². The maximum Gasteiger partial charge on any atom is 0.416 e. The number of hydrogen-bond donors (Lipinski definition) is 1. The summed E-state index contributed by atoms with van der Waals surface area (Å²) in [7, 11) is 0. The third-order valence-corrected chi connectivity index (χ3v) is 3.11. The van der Waals surface area contributed by atoms with E-state index >= 15 is 0 Å². The van der Waals surface area contributed by atoms with Gasteiger partial charge < -0.3 is 5.11 Å². The van der Waals surface area contributed by atoms with E-state index < -0.39 is 29.6 Å². The molecule has 2 rings (SSSR count). The molecule has 0 atom stereocenters. The van der Waals surface area contributed by atoms with Crippen molar-refractivity contribution in [3.8, 4) is 0 Å². The van der Waals surface area contributed by atoms with Crippen LogP contribution in [0.2, 0.25) is 0 Å². The summed E-state index contributed by atoms with van der Waals surface area (Å²) >= 11 is 0. The first kappa shape index (κ1) is 19.6. The zero-order valence-electron chi connectivity index (χ0n) is 11.9. The maximum absolute atomic E-state index is 12.4. The molecule has 0 aliphatic heterocycles. The van der Waals surface area contributed by atoms with Crippen molar-refractivity contribution in [3.63, 3.8) is 0 Å². The molecule has 119 valence electrons. The minimum Gasteiger partial charge on any atom is -0.384 e. The van der Waals surface area contributed by atoms with E-state index in [0.29, 0.717) is 0 Å². The maximum atomic E-state index is 12.4. The van der Waals surface area contributed by atoms with E-state index in [9.17, 15) is 31.4 Å². The van der Waals surface area contributed by atoms with Gasteiger partial charge in [-0.25, -0.2) is 0 Å². The molecule has 2 aromatic rings. The Morgan fingerprint density at radius 1 is 0.609 bits per heavy atom. The molecule has 23 heavy (non-hydrogen) atoms. The fourth-order valence-corrected chi connectivity index (χ4v) is 1.90. The largest absolute Gasteiger partial charge is 0.416 e. The summed E-state index contributed by atoms with van der Waals surface area (Å²) in [5, 5.41) is 10.0. The first-order valence-corrected chi connectivity index (χ1v) is 6.11. The normalized spacial score (nSPS) is 12.2. The standard InChI is InChI=1S/C15H10F6O.Li/c16-14(17,18)11-5-1-9(2-6-11)13(22)10-3-7-12(8-4-10)15(19,20)21;/h1-8,13,22H;. The van der Waals surface area contributed by atoms with Crippen LogP contribution in [0.15, 0.2) is 48.5 Å². The van der Waals surface area contributed by atoms with Crippen molar-refractivity contribution >= 4 is 18.9 Å². The van der Waals surface area contributed by atoms with Gasteiger partial charge in [-0.15, -0.1) is 0 Å². The Hall–Kier alpha value is -1.42. The molecule has 0 fully saturated rings. The third kappa shape index (κ3) is 4.77. The van der Waals surface area contributed by atoms with Gasteiger partial charge in [0.2, 0.25) is 0 Å². The Morgan fingerprint density at radius 3 is 1.09 bits per heavy atom. The second-order valence-corrected chi connectivity index (χ2v) is 4.64. The first-order chi connectivity index (χ1) is 10.1. The Morgan fingerprint density at radius 2 is 0.870 bits per heavy atom. The van der Waals surface area contributed by atoms with Gasteiger partial charge in [0.05, 0.1) is 11.1 Å². The predicted molar refractivity (Wildman–Crippen MR) is 72.7 cm³/mol. The van der Waals surface area contributed by atoms with Crippen molar-refractivity contribution in [1.29, 1.82) is 0 Å². The van der Waals surface area contributed by atoms with E-state index in [1.54, 1.807) is 0 Å². The van der Waals surface area contributed by atoms with E-state index in [4.69, 9.17) is 0 Å². The number of rotatable bonds is 2. The summed E-state index contributed by atoms with van der Waals surface area (Å²) in [5.74, 6) is 0. The van der Waals surface area contributed by atoms with Gasteiger partial charge in [0, 0.05) is 18.9 Å². The van der Waals surface area contributed by atoms with E-state index in [2.05, 4.69) is 0 Å². The summed E-state index contributed by atoms with van der Waals surface area (Å²) < 4.78 is 74.6. The molecule has 0 aliphatic carbocycles. The van der Waals surface area contributed by atoms with E-state index in [1.165, 1.54) is 0 Å². The van der Waals surface area contributed by atoms with Crippen LogP contribution >= 0.6 is 0 Å². The average molecular weight is 327 g/mol. The van der Waals surface area contributed by atoms with Gasteiger partial charge in [-0.2, -0.15) is 26.3 Å². The van der Waals surface area contributed by atoms with Crippen LogP contribution in [0.25, 0.3) is 0 Å². The molecule has 0 bridgehead atoms. The van der Waals surface area contributed by atoms with Gasteiger partial charge in [0.15, 0.2) is 0 Å². The molecule has 0 unspecified atom stereocenters. The molecule has 1 radical (unpaired) electrons. The molecule has 0 saturated heterocycles. The van der Waals surface area contributed by atoms with Crippen LogP contribution < -0.4 is 0 Å². The monoisotopic (exact) mass is 327 g/mol. The summed E-state index contributed by atoms with van der Waals surface area (Å²) in [6.45, 7) is 0. The fourth-order valence-electron chi connectivity index (χ4n) is 1.90. The van der Waals surface area contributed by atoms with Crippen molar-refractivity contribution in [2.24, 2.45) is 0 Å². The topological polar surface area (TPSA) is 20.2 Å². The molecule has 0 heterocycles. The van der Waals surface area contributed by atoms with E-state index in [-0.39, 0.29) is 30.0 Å². The van der Waals surface area contributed by atoms with Crippen molar-refractivity contribution < 1.29 is 31.4 Å². The van der Waals surface area contributed by atoms with Gasteiger partial charge in [-0.1, -0.05) is 24.3 Å². The van der Waals surface area contributed by atoms with E-state index in [1.807, 2.05) is 0 Å². The quantitative estimate of drug-likeness (QED) is 0.639. The summed E-state index contributed by atoms with van der Waals surface area (Å²) in [6.07, 6.45) is -10.3. The predicted octanol–water partition coefficient (Wildman–Crippen LogP) is 4.43. The molecular weight excluding hydrogens is 317 g/mol. The molecule has 0 aliphatic rings. The first-order valence-electron chi connectivity index (χ1n) is 6.11. The average Bonchev–Trinajstić information content (AvgIpc) is 2.45. The minimum absolute atomic E-state index is 0. The number of aliphatic hydroxyl groups excluding tert-OH is 1. The van der Waals surface area contributed by atoms with Gasteiger partial charge >= 0.3 is 12.4 Å². The zero-order chi connectivity index (χ0) is 16.5. The van der Waals surface area contributed by atoms with Gasteiger partial charge in [0.25, 0.3) is 0 Å². The van der Waals surface area contributed by atoms with E-state index in [0.717, 1.165) is 48.5 Å². The number of halogens is 6. The molecule has 0 amide bonds. The Balaban J connectivity index is 0.00000264. The van der Waals surface area contributed by atoms with Crippen LogP contribution in [-0.4, -0.2) is 24.0 Å². The molecule has 0 aromatic heterocycles. The number of hydrogen-bond acceptors (Lipinski definition) is 1. The van der Waals surface area contributed by atoms with Crippen LogP contribution in [-0.2, 0) is 12.4 Å². The smallest absolute Gasteiger partial charge is 0.384 e. The molecule has 0 spiro atoms. The van der Waals surface area contributed by atoms with Gasteiger partial charge in [-0.05, 0) is 35.4 Å². The van der Waals surface area contributed by atoms with Gasteiger partial charge in [-0.3, -0.25) is 0 Å². The summed E-state index contributed by atoms with van der Waals surface area (Å²) in [5.41, 5.74) is -1.41. The van der Waals surface area contributed by atoms with Crippen LogP contribution in [0.5, 0.6) is 0 Å². The second kappa shape index (κ2) is 7.00. The van der Waals surface area contributed by atoms with Crippen molar-refractivity contribution in [1.82, 2.24) is 0 Å². The molecule has 2 aromatic carbocycles. The third-order valence-electron chi connectivity index (χ3n) is 3.11. The van der Waals surface area contributed by atoms with Gasteiger partial charge in [0.1, 0.15) is 6.10 Å². The Bertz CT molecular complexity index is 574. The number of benzene rings is 2. The van der Waals surface area contributed by atoms with Crippen LogP contribution in [0.3, 0.4) is 0 Å². The molecule has 1 N–H and O–H groups in total. The molecular formula is C15H10F6LiO. The Labute approximate surface area is 140 Å². The molecule has 8 heteroatoms. The SMILES string of the molecule is OC(c1ccc(C(F)(F)F)cc1)c1ccc(C(F)(F)F)cc1.[Li]. The number of alkyl halides is 6. The molecule has 0 saturated carbocycles. The van der Waals surface area contributed by atoms with Crippen LogP contribution in [0, 0.1) is 0 Å². The number of aliphatic hydroxyl groups is 1. The van der Waals surface area contributed by atoms with Crippen molar-refractivity contribution in [2.75, 3.05) is 0 Å². The van der Waals surface area contributed by atoms with Crippen LogP contribution in [0.1, 0.15) is 28.4 Å². The Kier molecular flexibility index (Phi) is 5.97. The summed E-state index contributed by atoms with van der Waals surface area (Å²) in [4.78, 5) is 0. The summed E-state index contributed by atoms with van der Waals surface area (Å²) in [6, 6.07) is 7.59. The molecule has 1 nitrogen and oxygen atoms in total. The van der Waals surface area contributed by atoms with Crippen LogP contribution in [0.4, 0.5) is 26.3 Å². The minimum atomic E-state index is -4.49. The fraction of sp³-hybridized carbons (Fsp3) is 0.200. The second-order valence-electron chi connectivity index (χ2n) is 4.64. The zero-order valence-corrected chi connectivity index (χ0v) is 11.9. The van der Waals surface area contributed by atoms with Crippen molar-refractivity contribution in [2.45, 2.75) is 18.5 Å².